The number of hydrogen-bond acceptors (Lipinski definition) is 4. The Balaban J connectivity index is 2.84. The molecule has 0 amide bonds. The Morgan fingerprint density at radius 3 is 2.42 bits per heavy atom. The number of carbonyl (C=O) groups excluding carboxylic acids is 1. The maximum absolute atomic E-state index is 14.0. The van der Waals surface area contributed by atoms with Crippen molar-refractivity contribution in [1.82, 2.24) is 4.57 Å². The van der Waals surface area contributed by atoms with E-state index in [0.29, 0.717) is 6.54 Å². The number of benzene rings is 1. The molecule has 24 heavy (non-hydrogen) atoms. The Bertz CT molecular complexity index is 866. The fourth-order valence-electron chi connectivity index (χ4n) is 2.39. The lowest BCUT2D eigenvalue weighted by Gasteiger charge is -2.20. The van der Waals surface area contributed by atoms with Crippen molar-refractivity contribution < 1.29 is 23.0 Å². The van der Waals surface area contributed by atoms with Crippen LogP contribution < -0.4 is 10.2 Å². The Labute approximate surface area is 137 Å². The summed E-state index contributed by atoms with van der Waals surface area (Å²) in [4.78, 5) is 24.9. The van der Waals surface area contributed by atoms with E-state index in [1.54, 1.807) is 27.7 Å². The Morgan fingerprint density at radius 1 is 1.29 bits per heavy atom. The highest BCUT2D eigenvalue weighted by atomic mass is 19.2. The summed E-state index contributed by atoms with van der Waals surface area (Å²) in [5, 5.41) is -0.143. The molecule has 5 nitrogen and oxygen atoms in total. The molecule has 0 bridgehead atoms. The topological polar surface area (TPSA) is 57.5 Å². The Hall–Kier alpha value is -2.44. The molecule has 1 heterocycles. The monoisotopic (exact) mass is 339 g/mol. The maximum atomic E-state index is 14.0. The minimum absolute atomic E-state index is 0.0937. The number of halogens is 2. The number of aryl methyl sites for hydroxylation is 1. The fourth-order valence-corrected chi connectivity index (χ4v) is 2.39. The molecule has 2 aromatic rings. The molecule has 0 saturated heterocycles. The van der Waals surface area contributed by atoms with Gasteiger partial charge in [-0.2, -0.15) is 4.39 Å². The van der Waals surface area contributed by atoms with Gasteiger partial charge in [0.1, 0.15) is 11.2 Å². The molecule has 2 rings (SSSR count). The number of nitrogens with zero attached hydrogens (tertiary/aromatic N) is 1. The van der Waals surface area contributed by atoms with Gasteiger partial charge in [-0.25, -0.2) is 9.18 Å². The van der Waals surface area contributed by atoms with Crippen molar-refractivity contribution in [3.63, 3.8) is 0 Å². The van der Waals surface area contributed by atoms with E-state index >= 15 is 0 Å². The number of aromatic nitrogens is 1. The zero-order valence-electron chi connectivity index (χ0n) is 14.2. The number of ether oxygens (including phenoxy) is 2. The van der Waals surface area contributed by atoms with Crippen LogP contribution in [0.2, 0.25) is 0 Å². The Morgan fingerprint density at radius 2 is 1.92 bits per heavy atom. The van der Waals surface area contributed by atoms with Gasteiger partial charge in [-0.1, -0.05) is 0 Å². The first kappa shape index (κ1) is 17.9. The highest BCUT2D eigenvalue weighted by molar-refractivity contribution is 5.95. The van der Waals surface area contributed by atoms with Gasteiger partial charge in [0.15, 0.2) is 11.6 Å². The van der Waals surface area contributed by atoms with Gasteiger partial charge in [-0.3, -0.25) is 4.79 Å². The van der Waals surface area contributed by atoms with Gasteiger partial charge in [-0.15, -0.1) is 0 Å². The first-order chi connectivity index (χ1) is 11.1. The van der Waals surface area contributed by atoms with Crippen molar-refractivity contribution >= 4 is 16.9 Å². The minimum Gasteiger partial charge on any atom is -0.491 e. The van der Waals surface area contributed by atoms with Crippen LogP contribution in [0.4, 0.5) is 8.78 Å². The predicted octanol–water partition coefficient (Wildman–Crippen LogP) is 3.26. The van der Waals surface area contributed by atoms with E-state index < -0.39 is 28.6 Å². The van der Waals surface area contributed by atoms with Crippen LogP contribution in [0.15, 0.2) is 17.1 Å². The van der Waals surface area contributed by atoms with Crippen molar-refractivity contribution in [3.8, 4) is 5.75 Å². The molecule has 0 unspecified atom stereocenters. The number of rotatable bonds is 3. The highest BCUT2D eigenvalue weighted by Crippen LogP contribution is 2.30. The summed E-state index contributed by atoms with van der Waals surface area (Å²) in [6.07, 6.45) is 1.28. The van der Waals surface area contributed by atoms with Gasteiger partial charge >= 0.3 is 5.97 Å². The third-order valence-electron chi connectivity index (χ3n) is 3.38. The van der Waals surface area contributed by atoms with Gasteiger partial charge in [-0.05, 0) is 33.8 Å². The average molecular weight is 339 g/mol. The second-order valence-corrected chi connectivity index (χ2v) is 6.26. The zero-order chi connectivity index (χ0) is 18.2. The third kappa shape index (κ3) is 3.11. The van der Waals surface area contributed by atoms with Crippen molar-refractivity contribution in [1.29, 1.82) is 0 Å². The van der Waals surface area contributed by atoms with E-state index in [9.17, 15) is 18.4 Å². The van der Waals surface area contributed by atoms with Gasteiger partial charge in [0.25, 0.3) is 0 Å². The second kappa shape index (κ2) is 6.22. The molecule has 1 aromatic heterocycles. The van der Waals surface area contributed by atoms with Gasteiger partial charge < -0.3 is 14.0 Å². The first-order valence-electron chi connectivity index (χ1n) is 7.43. The molecule has 0 spiro atoms. The molecular formula is C17H19F2NO4. The van der Waals surface area contributed by atoms with Crippen LogP contribution in [0.25, 0.3) is 10.9 Å². The number of esters is 1. The van der Waals surface area contributed by atoms with E-state index in [1.165, 1.54) is 17.9 Å². The van der Waals surface area contributed by atoms with Crippen LogP contribution in [0, 0.1) is 11.6 Å². The largest absolute Gasteiger partial charge is 0.491 e. The summed E-state index contributed by atoms with van der Waals surface area (Å²) in [5.41, 5.74) is -1.67. The standard InChI is InChI=1S/C17H19F2NO4/c1-6-20-8-10(16(22)24-17(2,3)4)14(21)9-7-11(18)12(19)15(23-5)13(9)20/h7-8H,6H2,1-5H3. The summed E-state index contributed by atoms with van der Waals surface area (Å²) in [5.74, 6) is -3.60. The van der Waals surface area contributed by atoms with Crippen LogP contribution in [0.1, 0.15) is 38.1 Å². The number of pyridine rings is 1. The zero-order valence-corrected chi connectivity index (χ0v) is 14.2. The third-order valence-corrected chi connectivity index (χ3v) is 3.38. The SMILES string of the molecule is CCn1cc(C(=O)OC(C)(C)C)c(=O)c2cc(F)c(F)c(OC)c21. The van der Waals surface area contributed by atoms with Gasteiger partial charge in [0.05, 0.1) is 18.0 Å². The normalized spacial score (nSPS) is 11.6. The number of hydrogen-bond donors (Lipinski definition) is 0. The number of fused-ring (bicyclic) bond motifs is 1. The highest BCUT2D eigenvalue weighted by Gasteiger charge is 2.25. The minimum atomic E-state index is -1.22. The summed E-state index contributed by atoms with van der Waals surface area (Å²) >= 11 is 0. The lowest BCUT2D eigenvalue weighted by Crippen LogP contribution is -2.28. The van der Waals surface area contributed by atoms with Gasteiger partial charge in [0.2, 0.25) is 11.2 Å². The van der Waals surface area contributed by atoms with Crippen LogP contribution in [0.3, 0.4) is 0 Å². The number of methoxy groups -OCH3 is 1. The van der Waals surface area contributed by atoms with Crippen LogP contribution in [-0.4, -0.2) is 23.2 Å². The van der Waals surface area contributed by atoms with E-state index in [0.717, 1.165) is 6.07 Å². The fraction of sp³-hybridized carbons (Fsp3) is 0.412. The lowest BCUT2D eigenvalue weighted by atomic mass is 10.1. The molecule has 0 N–H and O–H groups in total. The van der Waals surface area contributed by atoms with E-state index in [2.05, 4.69) is 0 Å². The molecule has 0 aliphatic rings. The van der Waals surface area contributed by atoms with Crippen LogP contribution in [-0.2, 0) is 11.3 Å². The summed E-state index contributed by atoms with van der Waals surface area (Å²) in [7, 11) is 1.18. The maximum Gasteiger partial charge on any atom is 0.344 e. The van der Waals surface area contributed by atoms with Crippen LogP contribution in [0.5, 0.6) is 5.75 Å². The molecule has 0 atom stereocenters. The molecule has 7 heteroatoms. The molecule has 0 saturated carbocycles. The Kier molecular flexibility index (Phi) is 4.64. The quantitative estimate of drug-likeness (QED) is 0.806. The van der Waals surface area contributed by atoms with Crippen molar-refractivity contribution in [3.05, 3.63) is 39.7 Å². The lowest BCUT2D eigenvalue weighted by molar-refractivity contribution is 0.00674. The van der Waals surface area contributed by atoms with Crippen molar-refractivity contribution in [2.75, 3.05) is 7.11 Å². The molecule has 0 aliphatic heterocycles. The smallest absolute Gasteiger partial charge is 0.344 e. The van der Waals surface area contributed by atoms with Crippen molar-refractivity contribution in [2.24, 2.45) is 0 Å². The summed E-state index contributed by atoms with van der Waals surface area (Å²) in [6.45, 7) is 7.06. The van der Waals surface area contributed by atoms with Gasteiger partial charge in [0, 0.05) is 12.7 Å². The van der Waals surface area contributed by atoms with E-state index in [1.807, 2.05) is 0 Å². The molecule has 130 valence electrons. The molecule has 1 aromatic carbocycles. The van der Waals surface area contributed by atoms with Crippen molar-refractivity contribution in [2.45, 2.75) is 39.8 Å². The van der Waals surface area contributed by atoms with Crippen LogP contribution >= 0.6 is 0 Å². The summed E-state index contributed by atoms with van der Waals surface area (Å²) in [6, 6.07) is 0.773. The number of carbonyl (C=O) groups is 1. The molecule has 0 radical (unpaired) electrons. The van der Waals surface area contributed by atoms with E-state index in [-0.39, 0.29) is 22.2 Å². The van der Waals surface area contributed by atoms with E-state index in [4.69, 9.17) is 9.47 Å². The molecule has 0 fully saturated rings. The molecule has 0 aliphatic carbocycles. The predicted molar refractivity (Wildman–Crippen MR) is 85.5 cm³/mol. The summed E-state index contributed by atoms with van der Waals surface area (Å²) < 4.78 is 39.3. The molecular weight excluding hydrogens is 320 g/mol. The second-order valence-electron chi connectivity index (χ2n) is 6.26. The average Bonchev–Trinajstić information content (AvgIpc) is 2.48. The first-order valence-corrected chi connectivity index (χ1v) is 7.43.